The smallest absolute Gasteiger partial charge is 0.243 e. The summed E-state index contributed by atoms with van der Waals surface area (Å²) in [6.45, 7) is 1.41. The molecular formula is C12H13NO4S. The molecule has 0 radical (unpaired) electrons. The van der Waals surface area contributed by atoms with Crippen LogP contribution >= 0.6 is 0 Å². The number of carbonyl (C=O) groups is 2. The van der Waals surface area contributed by atoms with Gasteiger partial charge in [0.15, 0.2) is 11.6 Å². The van der Waals surface area contributed by atoms with Crippen LogP contribution < -0.4 is 0 Å². The van der Waals surface area contributed by atoms with Gasteiger partial charge in [-0.3, -0.25) is 9.59 Å². The van der Waals surface area contributed by atoms with E-state index in [1.165, 1.54) is 12.1 Å². The topological polar surface area (TPSA) is 71.5 Å². The number of carbonyl (C=O) groups excluding carboxylic acids is 2. The molecule has 0 spiro atoms. The van der Waals surface area contributed by atoms with Crippen LogP contribution in [0.25, 0.3) is 0 Å². The molecule has 1 heterocycles. The number of Topliss-reactive ketones (excluding diaryl/α,β-unsaturated/α-hetero) is 2. The highest BCUT2D eigenvalue weighted by atomic mass is 32.2. The lowest BCUT2D eigenvalue weighted by atomic mass is 10.1. The Morgan fingerprint density at radius 2 is 1.50 bits per heavy atom. The van der Waals surface area contributed by atoms with E-state index in [2.05, 4.69) is 0 Å². The molecular weight excluding hydrogens is 254 g/mol. The molecule has 0 amide bonds. The van der Waals surface area contributed by atoms with Crippen LogP contribution in [0.1, 0.15) is 12.0 Å². The summed E-state index contributed by atoms with van der Waals surface area (Å²) < 4.78 is 25.4. The first-order valence-electron chi connectivity index (χ1n) is 5.50. The molecule has 1 aliphatic rings. The molecule has 96 valence electrons. The fourth-order valence-corrected chi connectivity index (χ4v) is 3.22. The first kappa shape index (κ1) is 12.9. The van der Waals surface area contributed by atoms with Crippen molar-refractivity contribution in [3.05, 3.63) is 29.8 Å². The van der Waals surface area contributed by atoms with Crippen LogP contribution in [0.3, 0.4) is 0 Å². The lowest BCUT2D eigenvalue weighted by Gasteiger charge is -2.24. The number of ketones is 2. The summed E-state index contributed by atoms with van der Waals surface area (Å²) in [4.78, 5) is 22.7. The normalized spacial score (nSPS) is 18.1. The van der Waals surface area contributed by atoms with Crippen molar-refractivity contribution in [2.45, 2.75) is 18.2 Å². The van der Waals surface area contributed by atoms with Gasteiger partial charge in [-0.15, -0.1) is 0 Å². The molecule has 5 nitrogen and oxygen atoms in total. The van der Waals surface area contributed by atoms with E-state index in [0.29, 0.717) is 0 Å². The van der Waals surface area contributed by atoms with Crippen LogP contribution in [0.15, 0.2) is 29.2 Å². The molecule has 0 saturated carbocycles. The lowest BCUT2D eigenvalue weighted by Crippen LogP contribution is -2.44. The van der Waals surface area contributed by atoms with Crippen LogP contribution in [0, 0.1) is 6.92 Å². The molecule has 0 aromatic heterocycles. The molecule has 1 fully saturated rings. The maximum absolute atomic E-state index is 12.2. The largest absolute Gasteiger partial charge is 0.298 e. The molecule has 0 atom stereocenters. The Labute approximate surface area is 105 Å². The molecule has 0 aliphatic carbocycles. The number of benzene rings is 1. The van der Waals surface area contributed by atoms with Gasteiger partial charge in [0, 0.05) is 0 Å². The maximum atomic E-state index is 12.2. The van der Waals surface area contributed by atoms with Crippen molar-refractivity contribution in [2.75, 3.05) is 13.1 Å². The third kappa shape index (κ3) is 2.49. The van der Waals surface area contributed by atoms with Crippen molar-refractivity contribution in [3.63, 3.8) is 0 Å². The van der Waals surface area contributed by atoms with Crippen LogP contribution in [-0.4, -0.2) is 37.4 Å². The van der Waals surface area contributed by atoms with Gasteiger partial charge in [-0.25, -0.2) is 8.42 Å². The molecule has 1 aromatic rings. The van der Waals surface area contributed by atoms with E-state index < -0.39 is 10.0 Å². The number of piperidine rings is 1. The zero-order valence-electron chi connectivity index (χ0n) is 9.92. The number of aryl methyl sites for hydroxylation is 1. The zero-order chi connectivity index (χ0) is 13.3. The van der Waals surface area contributed by atoms with E-state index >= 15 is 0 Å². The highest BCUT2D eigenvalue weighted by molar-refractivity contribution is 7.89. The summed E-state index contributed by atoms with van der Waals surface area (Å²) in [5.41, 5.74) is 0.944. The number of hydrogen-bond donors (Lipinski definition) is 0. The van der Waals surface area contributed by atoms with Gasteiger partial charge < -0.3 is 0 Å². The van der Waals surface area contributed by atoms with E-state index in [0.717, 1.165) is 9.87 Å². The Kier molecular flexibility index (Phi) is 3.32. The number of sulfonamides is 1. The van der Waals surface area contributed by atoms with E-state index in [1.54, 1.807) is 12.1 Å². The Morgan fingerprint density at radius 3 is 2.00 bits per heavy atom. The summed E-state index contributed by atoms with van der Waals surface area (Å²) in [7, 11) is -3.75. The molecule has 0 unspecified atom stereocenters. The van der Waals surface area contributed by atoms with Crippen molar-refractivity contribution in [1.29, 1.82) is 0 Å². The highest BCUT2D eigenvalue weighted by Gasteiger charge is 2.32. The zero-order valence-corrected chi connectivity index (χ0v) is 10.7. The Bertz CT molecular complexity index is 573. The predicted octanol–water partition coefficient (Wildman–Crippen LogP) is 0.528. The fourth-order valence-electron chi connectivity index (χ4n) is 1.81. The van der Waals surface area contributed by atoms with Crippen molar-refractivity contribution in [2.24, 2.45) is 0 Å². The van der Waals surface area contributed by atoms with Gasteiger partial charge >= 0.3 is 0 Å². The quantitative estimate of drug-likeness (QED) is 0.733. The van der Waals surface area contributed by atoms with Gasteiger partial charge in [0.05, 0.1) is 24.4 Å². The minimum absolute atomic E-state index is 0.107. The summed E-state index contributed by atoms with van der Waals surface area (Å²) in [6, 6.07) is 6.32. The van der Waals surface area contributed by atoms with E-state index in [4.69, 9.17) is 0 Å². The average Bonchev–Trinajstić information content (AvgIpc) is 2.28. The van der Waals surface area contributed by atoms with Gasteiger partial charge in [0.2, 0.25) is 10.0 Å². The van der Waals surface area contributed by atoms with Crippen LogP contribution in [0.5, 0.6) is 0 Å². The fraction of sp³-hybridized carbons (Fsp3) is 0.333. The highest BCUT2D eigenvalue weighted by Crippen LogP contribution is 2.18. The number of hydrogen-bond acceptors (Lipinski definition) is 4. The predicted molar refractivity (Wildman–Crippen MR) is 64.6 cm³/mol. The maximum Gasteiger partial charge on any atom is 0.243 e. The first-order valence-corrected chi connectivity index (χ1v) is 6.94. The van der Waals surface area contributed by atoms with Crippen molar-refractivity contribution < 1.29 is 18.0 Å². The first-order chi connectivity index (χ1) is 8.39. The molecule has 6 heteroatoms. The molecule has 1 saturated heterocycles. The standard InChI is InChI=1S/C12H13NO4S/c1-9-2-4-12(5-3-9)18(16,17)13-7-10(14)6-11(15)8-13/h2-5H,6-8H2,1H3. The molecule has 1 aliphatic heterocycles. The number of rotatable bonds is 2. The number of nitrogens with zero attached hydrogens (tertiary/aromatic N) is 1. The summed E-state index contributed by atoms with van der Waals surface area (Å²) in [6.07, 6.45) is -0.167. The van der Waals surface area contributed by atoms with E-state index in [-0.39, 0.29) is 36.0 Å². The van der Waals surface area contributed by atoms with E-state index in [9.17, 15) is 18.0 Å². The third-order valence-corrected chi connectivity index (χ3v) is 4.56. The second-order valence-electron chi connectivity index (χ2n) is 4.34. The minimum atomic E-state index is -3.75. The van der Waals surface area contributed by atoms with Crippen LogP contribution in [0.2, 0.25) is 0 Å². The van der Waals surface area contributed by atoms with Crippen LogP contribution in [0.4, 0.5) is 0 Å². The van der Waals surface area contributed by atoms with Crippen LogP contribution in [-0.2, 0) is 19.6 Å². The molecule has 0 N–H and O–H groups in total. The van der Waals surface area contributed by atoms with Gasteiger partial charge in [0.25, 0.3) is 0 Å². The van der Waals surface area contributed by atoms with Gasteiger partial charge in [-0.1, -0.05) is 17.7 Å². The van der Waals surface area contributed by atoms with Gasteiger partial charge in [0.1, 0.15) is 0 Å². The summed E-state index contributed by atoms with van der Waals surface area (Å²) in [5.74, 6) is -0.719. The second-order valence-corrected chi connectivity index (χ2v) is 6.28. The SMILES string of the molecule is Cc1ccc(S(=O)(=O)N2CC(=O)CC(=O)C2)cc1. The Balaban J connectivity index is 2.33. The second kappa shape index (κ2) is 4.62. The minimum Gasteiger partial charge on any atom is -0.298 e. The molecule has 0 bridgehead atoms. The summed E-state index contributed by atoms with van der Waals surface area (Å²) in [5, 5.41) is 0. The van der Waals surface area contributed by atoms with Crippen molar-refractivity contribution >= 4 is 21.6 Å². The molecule has 18 heavy (non-hydrogen) atoms. The van der Waals surface area contributed by atoms with Gasteiger partial charge in [-0.05, 0) is 19.1 Å². The van der Waals surface area contributed by atoms with Crippen molar-refractivity contribution in [1.82, 2.24) is 4.31 Å². The Hall–Kier alpha value is -1.53. The van der Waals surface area contributed by atoms with Crippen molar-refractivity contribution in [3.8, 4) is 0 Å². The Morgan fingerprint density at radius 1 is 1.00 bits per heavy atom. The molecule has 1 aromatic carbocycles. The molecule has 2 rings (SSSR count). The third-order valence-electron chi connectivity index (χ3n) is 2.76. The monoisotopic (exact) mass is 267 g/mol. The average molecular weight is 267 g/mol. The van der Waals surface area contributed by atoms with Gasteiger partial charge in [-0.2, -0.15) is 4.31 Å². The lowest BCUT2D eigenvalue weighted by molar-refractivity contribution is -0.130. The summed E-state index contributed by atoms with van der Waals surface area (Å²) >= 11 is 0. The van der Waals surface area contributed by atoms with E-state index in [1.807, 2.05) is 6.92 Å².